The number of halogens is 1. The highest BCUT2D eigenvalue weighted by Gasteiger charge is 2.30. The number of nitrogens with zero attached hydrogens (tertiary/aromatic N) is 3. The predicted molar refractivity (Wildman–Crippen MR) is 75.4 cm³/mol. The third kappa shape index (κ3) is 4.47. The molecule has 0 saturated carbocycles. The quantitative estimate of drug-likeness (QED) is 0.585. The summed E-state index contributed by atoms with van der Waals surface area (Å²) in [5.74, 6) is -1.50. The number of thiazole rings is 1. The van der Waals surface area contributed by atoms with Crippen molar-refractivity contribution in [1.29, 1.82) is 0 Å². The fourth-order valence-corrected chi connectivity index (χ4v) is 2.19. The molecule has 0 saturated heterocycles. The minimum absolute atomic E-state index is 0. The molecule has 0 atom stereocenters. The molecule has 0 aromatic carbocycles. The monoisotopic (exact) mass is 342 g/mol. The molecular weight excluding hydrogens is 328 g/mol. The Morgan fingerprint density at radius 3 is 2.68 bits per heavy atom. The number of nitrogens with one attached hydrogen (secondary N) is 1. The van der Waals surface area contributed by atoms with Gasteiger partial charge in [0.15, 0.2) is 6.20 Å². The maximum Gasteiger partial charge on any atom is 0.328 e. The molecule has 0 unspecified atom stereocenters. The van der Waals surface area contributed by atoms with Crippen LogP contribution in [0.4, 0.5) is 0 Å². The normalized spacial score (nSPS) is 10.6. The molecular formula is C13H15ClN4O3S. The average molecular weight is 343 g/mol. The van der Waals surface area contributed by atoms with E-state index in [2.05, 4.69) is 15.4 Å². The summed E-state index contributed by atoms with van der Waals surface area (Å²) in [4.78, 5) is 26.9. The standard InChI is InChI=1S/C13H14N4O3S.ClH/c1-13(2,12(19)20)16-10(18)8-17-5-3-9(7-15-17)11-14-4-6-21-11;/h3-7H,8H2,1-2H3,(H-,16,18,19,20);1H. The van der Waals surface area contributed by atoms with Crippen LogP contribution in [0.25, 0.3) is 10.6 Å². The fraction of sp³-hybridized carbons (Fsp3) is 0.308. The SMILES string of the molecule is CC(C)(NC(=O)C[n+]1ccc(-c2nccs2)cn1)C(=O)O.[Cl-]. The topological polar surface area (TPSA) is 96.1 Å². The highest BCUT2D eigenvalue weighted by molar-refractivity contribution is 7.13. The van der Waals surface area contributed by atoms with Gasteiger partial charge < -0.3 is 22.8 Å². The van der Waals surface area contributed by atoms with E-state index >= 15 is 0 Å². The summed E-state index contributed by atoms with van der Waals surface area (Å²) in [6.07, 6.45) is 4.99. The Kier molecular flexibility index (Phi) is 5.95. The second-order valence-electron chi connectivity index (χ2n) is 4.93. The molecule has 118 valence electrons. The Morgan fingerprint density at radius 1 is 1.45 bits per heavy atom. The van der Waals surface area contributed by atoms with Gasteiger partial charge in [0.05, 0.1) is 0 Å². The first-order valence-corrected chi connectivity index (χ1v) is 7.06. The minimum Gasteiger partial charge on any atom is -1.00 e. The van der Waals surface area contributed by atoms with Crippen LogP contribution in [0.3, 0.4) is 0 Å². The smallest absolute Gasteiger partial charge is 0.328 e. The van der Waals surface area contributed by atoms with Gasteiger partial charge in [0.1, 0.15) is 16.7 Å². The lowest BCUT2D eigenvalue weighted by Crippen LogP contribution is -3.00. The van der Waals surface area contributed by atoms with E-state index in [-0.39, 0.29) is 19.0 Å². The maximum atomic E-state index is 11.8. The van der Waals surface area contributed by atoms with Gasteiger partial charge in [-0.25, -0.2) is 9.78 Å². The van der Waals surface area contributed by atoms with Crippen molar-refractivity contribution in [2.75, 3.05) is 0 Å². The summed E-state index contributed by atoms with van der Waals surface area (Å²) in [6, 6.07) is 1.81. The largest absolute Gasteiger partial charge is 1.00 e. The molecule has 2 heterocycles. The van der Waals surface area contributed by atoms with Gasteiger partial charge in [-0.15, -0.1) is 11.3 Å². The molecule has 9 heteroatoms. The third-order valence-corrected chi connectivity index (χ3v) is 3.56. The molecule has 2 aromatic heterocycles. The number of rotatable bonds is 5. The van der Waals surface area contributed by atoms with Crippen molar-refractivity contribution in [1.82, 2.24) is 15.4 Å². The highest BCUT2D eigenvalue weighted by Crippen LogP contribution is 2.18. The van der Waals surface area contributed by atoms with Gasteiger partial charge in [-0.1, -0.05) is 4.68 Å². The molecule has 0 bridgehead atoms. The second kappa shape index (κ2) is 7.28. The van der Waals surface area contributed by atoms with Crippen molar-refractivity contribution in [3.05, 3.63) is 30.0 Å². The lowest BCUT2D eigenvalue weighted by atomic mass is 10.1. The molecule has 0 aliphatic carbocycles. The number of carboxylic acids is 1. The zero-order chi connectivity index (χ0) is 15.5. The number of amides is 1. The van der Waals surface area contributed by atoms with E-state index in [1.165, 1.54) is 29.9 Å². The predicted octanol–water partition coefficient (Wildman–Crippen LogP) is -2.52. The molecule has 2 aromatic rings. The van der Waals surface area contributed by atoms with Gasteiger partial charge in [0.25, 0.3) is 12.5 Å². The number of carbonyl (C=O) groups is 2. The van der Waals surface area contributed by atoms with Gasteiger partial charge in [-0.05, 0) is 18.9 Å². The Bertz CT molecular complexity index is 644. The summed E-state index contributed by atoms with van der Waals surface area (Å²) >= 11 is 1.50. The van der Waals surface area contributed by atoms with Crippen molar-refractivity contribution in [2.24, 2.45) is 0 Å². The number of hydrogen-bond acceptors (Lipinski definition) is 5. The van der Waals surface area contributed by atoms with E-state index in [1.807, 2.05) is 5.38 Å². The van der Waals surface area contributed by atoms with Crippen LogP contribution in [-0.4, -0.2) is 32.6 Å². The van der Waals surface area contributed by atoms with Gasteiger partial charge in [-0.2, -0.15) is 0 Å². The summed E-state index contributed by atoms with van der Waals surface area (Å²) in [6.45, 7) is 2.81. The first-order chi connectivity index (χ1) is 9.88. The number of aromatic nitrogens is 3. The van der Waals surface area contributed by atoms with Crippen LogP contribution in [0.5, 0.6) is 0 Å². The molecule has 0 fully saturated rings. The van der Waals surface area contributed by atoms with Crippen LogP contribution in [-0.2, 0) is 16.1 Å². The van der Waals surface area contributed by atoms with Gasteiger partial charge in [0, 0.05) is 23.2 Å². The molecule has 0 spiro atoms. The second-order valence-corrected chi connectivity index (χ2v) is 5.82. The first-order valence-electron chi connectivity index (χ1n) is 6.18. The lowest BCUT2D eigenvalue weighted by Gasteiger charge is -2.19. The molecule has 7 nitrogen and oxygen atoms in total. The molecule has 1 amide bonds. The third-order valence-electron chi connectivity index (χ3n) is 2.74. The number of aliphatic carboxylic acids is 1. The Labute approximate surface area is 137 Å². The van der Waals surface area contributed by atoms with E-state index in [1.54, 1.807) is 24.7 Å². The van der Waals surface area contributed by atoms with E-state index < -0.39 is 17.4 Å². The number of carboxylic acid groups (broad SMARTS) is 1. The zero-order valence-corrected chi connectivity index (χ0v) is 13.6. The molecule has 2 rings (SSSR count). The van der Waals surface area contributed by atoms with Gasteiger partial charge in [0.2, 0.25) is 0 Å². The maximum absolute atomic E-state index is 11.8. The molecule has 0 radical (unpaired) electrons. The van der Waals surface area contributed by atoms with Crippen LogP contribution < -0.4 is 22.4 Å². The lowest BCUT2D eigenvalue weighted by molar-refractivity contribution is -0.742. The summed E-state index contributed by atoms with van der Waals surface area (Å²) in [7, 11) is 0. The van der Waals surface area contributed by atoms with E-state index in [0.717, 1.165) is 10.6 Å². The van der Waals surface area contributed by atoms with Crippen LogP contribution in [0.15, 0.2) is 30.0 Å². The molecule has 22 heavy (non-hydrogen) atoms. The van der Waals surface area contributed by atoms with Crippen LogP contribution in [0.2, 0.25) is 0 Å². The van der Waals surface area contributed by atoms with Crippen LogP contribution in [0, 0.1) is 0 Å². The summed E-state index contributed by atoms with van der Waals surface area (Å²) in [5.41, 5.74) is -0.439. The molecule has 0 aliphatic heterocycles. The van der Waals surface area contributed by atoms with Crippen LogP contribution in [0.1, 0.15) is 13.8 Å². The summed E-state index contributed by atoms with van der Waals surface area (Å²) < 4.78 is 1.43. The number of carbonyl (C=O) groups excluding carboxylic acids is 1. The first kappa shape index (κ1) is 18.0. The number of hydrogen-bond donors (Lipinski definition) is 2. The minimum atomic E-state index is -1.31. The van der Waals surface area contributed by atoms with Crippen molar-refractivity contribution in [3.63, 3.8) is 0 Å². The van der Waals surface area contributed by atoms with Gasteiger partial charge in [-0.3, -0.25) is 4.79 Å². The fourth-order valence-electron chi connectivity index (χ4n) is 1.56. The van der Waals surface area contributed by atoms with E-state index in [9.17, 15) is 9.59 Å². The Balaban J connectivity index is 0.00000242. The van der Waals surface area contributed by atoms with Gasteiger partial charge >= 0.3 is 5.97 Å². The molecule has 0 aliphatic rings. The highest BCUT2D eigenvalue weighted by atomic mass is 35.5. The summed E-state index contributed by atoms with van der Waals surface area (Å²) in [5, 5.41) is 18.2. The zero-order valence-electron chi connectivity index (χ0n) is 12.0. The van der Waals surface area contributed by atoms with Crippen molar-refractivity contribution < 1.29 is 31.8 Å². The van der Waals surface area contributed by atoms with Crippen LogP contribution >= 0.6 is 11.3 Å². The average Bonchev–Trinajstić information content (AvgIpc) is 2.92. The van der Waals surface area contributed by atoms with E-state index in [0.29, 0.717) is 0 Å². The Hall–Kier alpha value is -2.06. The molecule has 2 N–H and O–H groups in total. The van der Waals surface area contributed by atoms with Crippen molar-refractivity contribution in [2.45, 2.75) is 25.9 Å². The van der Waals surface area contributed by atoms with Crippen molar-refractivity contribution in [3.8, 4) is 10.6 Å². The van der Waals surface area contributed by atoms with E-state index in [4.69, 9.17) is 5.11 Å². The Morgan fingerprint density at radius 2 is 2.18 bits per heavy atom. The van der Waals surface area contributed by atoms with Crippen molar-refractivity contribution >= 4 is 23.2 Å².